The van der Waals surface area contributed by atoms with Crippen LogP contribution < -0.4 is 9.64 Å². The Morgan fingerprint density at radius 2 is 1.79 bits per heavy atom. The van der Waals surface area contributed by atoms with E-state index < -0.39 is 6.10 Å². The fraction of sp³-hybridized carbons (Fsp3) is 0.280. The summed E-state index contributed by atoms with van der Waals surface area (Å²) in [7, 11) is 0. The second-order valence-electron chi connectivity index (χ2n) is 7.81. The van der Waals surface area contributed by atoms with Crippen LogP contribution in [-0.4, -0.2) is 18.3 Å². The molecule has 150 valence electrons. The van der Waals surface area contributed by atoms with E-state index in [-0.39, 0.29) is 0 Å². The van der Waals surface area contributed by atoms with Crippen molar-refractivity contribution in [2.75, 3.05) is 18.1 Å². The minimum Gasteiger partial charge on any atom is -0.490 e. The minimum atomic E-state index is -0.685. The maximum absolute atomic E-state index is 11.2. The standard InChI is InChI=1S/C25H26BrNO2/c1-17(2)21-10-9-20(26)15-22(21)25(28)19-8-11-24-23(14-19)27(12-13-29-24)16-18-6-4-3-5-7-18/h3-11,14-15,17,25,28H,12-13,16H2,1-2H3. The van der Waals surface area contributed by atoms with Gasteiger partial charge in [-0.25, -0.2) is 0 Å². The molecule has 4 rings (SSSR count). The number of aliphatic hydroxyl groups excluding tert-OH is 1. The predicted octanol–water partition coefficient (Wildman–Crippen LogP) is 6.05. The molecule has 0 fully saturated rings. The quantitative estimate of drug-likeness (QED) is 0.511. The van der Waals surface area contributed by atoms with Crippen LogP contribution in [0.3, 0.4) is 0 Å². The van der Waals surface area contributed by atoms with Crippen molar-refractivity contribution in [3.05, 3.63) is 93.5 Å². The van der Waals surface area contributed by atoms with Crippen LogP contribution in [0.4, 0.5) is 5.69 Å². The molecule has 0 aliphatic carbocycles. The van der Waals surface area contributed by atoms with Crippen LogP contribution in [0.1, 0.15) is 48.1 Å². The third-order valence-electron chi connectivity index (χ3n) is 5.44. The van der Waals surface area contributed by atoms with E-state index in [2.05, 4.69) is 71.1 Å². The Kier molecular flexibility index (Phi) is 5.93. The summed E-state index contributed by atoms with van der Waals surface area (Å²) in [6, 6.07) is 22.6. The summed E-state index contributed by atoms with van der Waals surface area (Å²) in [4.78, 5) is 2.33. The van der Waals surface area contributed by atoms with E-state index in [1.54, 1.807) is 0 Å². The molecule has 0 aromatic heterocycles. The second kappa shape index (κ2) is 8.60. The molecule has 3 aromatic rings. The van der Waals surface area contributed by atoms with Gasteiger partial charge >= 0.3 is 0 Å². The van der Waals surface area contributed by atoms with Gasteiger partial charge in [-0.05, 0) is 52.4 Å². The number of rotatable bonds is 5. The lowest BCUT2D eigenvalue weighted by molar-refractivity contribution is 0.218. The molecule has 1 unspecified atom stereocenters. The van der Waals surface area contributed by atoms with Crippen LogP contribution in [-0.2, 0) is 6.54 Å². The summed E-state index contributed by atoms with van der Waals surface area (Å²) in [6.45, 7) is 6.63. The number of ether oxygens (including phenoxy) is 1. The van der Waals surface area contributed by atoms with Crippen LogP contribution in [0, 0.1) is 0 Å². The predicted molar refractivity (Wildman–Crippen MR) is 122 cm³/mol. The smallest absolute Gasteiger partial charge is 0.142 e. The molecule has 29 heavy (non-hydrogen) atoms. The first kappa shape index (κ1) is 20.0. The first-order chi connectivity index (χ1) is 14.0. The van der Waals surface area contributed by atoms with Gasteiger partial charge in [0.1, 0.15) is 18.5 Å². The van der Waals surface area contributed by atoms with Crippen LogP contribution in [0.2, 0.25) is 0 Å². The van der Waals surface area contributed by atoms with Crippen molar-refractivity contribution in [1.29, 1.82) is 0 Å². The highest BCUT2D eigenvalue weighted by atomic mass is 79.9. The number of nitrogens with zero attached hydrogens (tertiary/aromatic N) is 1. The molecule has 0 spiro atoms. The lowest BCUT2D eigenvalue weighted by atomic mass is 9.91. The molecule has 1 N–H and O–H groups in total. The zero-order chi connectivity index (χ0) is 20.4. The minimum absolute atomic E-state index is 0.336. The Bertz CT molecular complexity index is 987. The summed E-state index contributed by atoms with van der Waals surface area (Å²) >= 11 is 3.55. The number of halogens is 1. The van der Waals surface area contributed by atoms with E-state index in [0.29, 0.717) is 12.5 Å². The van der Waals surface area contributed by atoms with E-state index in [0.717, 1.165) is 45.7 Å². The number of hydrogen-bond donors (Lipinski definition) is 1. The molecule has 1 aliphatic heterocycles. The topological polar surface area (TPSA) is 32.7 Å². The fourth-order valence-electron chi connectivity index (χ4n) is 3.92. The third kappa shape index (κ3) is 4.34. The molecule has 1 atom stereocenters. The summed E-state index contributed by atoms with van der Waals surface area (Å²) in [6.07, 6.45) is -0.685. The Labute approximate surface area is 181 Å². The highest BCUT2D eigenvalue weighted by Crippen LogP contribution is 2.38. The van der Waals surface area contributed by atoms with Crippen molar-refractivity contribution in [2.24, 2.45) is 0 Å². The van der Waals surface area contributed by atoms with Crippen molar-refractivity contribution in [2.45, 2.75) is 32.4 Å². The fourth-order valence-corrected chi connectivity index (χ4v) is 4.29. The average molecular weight is 452 g/mol. The Hall–Kier alpha value is -2.30. The molecule has 0 saturated heterocycles. The number of hydrogen-bond acceptors (Lipinski definition) is 3. The molecule has 1 heterocycles. The van der Waals surface area contributed by atoms with Gasteiger partial charge in [-0.15, -0.1) is 0 Å². The second-order valence-corrected chi connectivity index (χ2v) is 8.73. The Balaban J connectivity index is 1.69. The van der Waals surface area contributed by atoms with Gasteiger partial charge in [0.15, 0.2) is 0 Å². The zero-order valence-corrected chi connectivity index (χ0v) is 18.4. The van der Waals surface area contributed by atoms with Gasteiger partial charge in [0.2, 0.25) is 0 Å². The average Bonchev–Trinajstić information content (AvgIpc) is 2.73. The molecule has 3 aromatic carbocycles. The molecule has 4 heteroatoms. The number of fused-ring (bicyclic) bond motifs is 1. The van der Waals surface area contributed by atoms with Gasteiger partial charge < -0.3 is 14.7 Å². The summed E-state index contributed by atoms with van der Waals surface area (Å²) < 4.78 is 6.86. The van der Waals surface area contributed by atoms with E-state index in [1.807, 2.05) is 30.3 Å². The monoisotopic (exact) mass is 451 g/mol. The molecule has 0 amide bonds. The molecule has 1 aliphatic rings. The number of anilines is 1. The number of aliphatic hydroxyl groups is 1. The molecule has 0 radical (unpaired) electrons. The van der Waals surface area contributed by atoms with Gasteiger partial charge in [0.25, 0.3) is 0 Å². The van der Waals surface area contributed by atoms with Gasteiger partial charge in [0.05, 0.1) is 12.2 Å². The highest BCUT2D eigenvalue weighted by Gasteiger charge is 2.22. The van der Waals surface area contributed by atoms with E-state index in [1.165, 1.54) is 5.56 Å². The lowest BCUT2D eigenvalue weighted by Gasteiger charge is -2.32. The van der Waals surface area contributed by atoms with Gasteiger partial charge in [-0.1, -0.05) is 72.2 Å². The van der Waals surface area contributed by atoms with Crippen molar-refractivity contribution >= 4 is 21.6 Å². The largest absolute Gasteiger partial charge is 0.490 e. The lowest BCUT2D eigenvalue weighted by Crippen LogP contribution is -2.32. The Morgan fingerprint density at radius 1 is 1.00 bits per heavy atom. The summed E-state index contributed by atoms with van der Waals surface area (Å²) in [5, 5.41) is 11.2. The van der Waals surface area contributed by atoms with Gasteiger partial charge in [0, 0.05) is 11.0 Å². The van der Waals surface area contributed by atoms with E-state index >= 15 is 0 Å². The number of benzene rings is 3. The summed E-state index contributed by atoms with van der Waals surface area (Å²) in [5.41, 5.74) is 5.29. The zero-order valence-electron chi connectivity index (χ0n) is 16.8. The third-order valence-corrected chi connectivity index (χ3v) is 5.93. The maximum Gasteiger partial charge on any atom is 0.142 e. The summed E-state index contributed by atoms with van der Waals surface area (Å²) in [5.74, 6) is 1.21. The van der Waals surface area contributed by atoms with Gasteiger partial charge in [-0.2, -0.15) is 0 Å². The van der Waals surface area contributed by atoms with Crippen LogP contribution in [0.5, 0.6) is 5.75 Å². The van der Waals surface area contributed by atoms with Crippen molar-refractivity contribution in [3.8, 4) is 5.75 Å². The van der Waals surface area contributed by atoms with E-state index in [9.17, 15) is 5.11 Å². The van der Waals surface area contributed by atoms with Crippen LogP contribution >= 0.6 is 15.9 Å². The SMILES string of the molecule is CC(C)c1ccc(Br)cc1C(O)c1ccc2c(c1)N(Cc1ccccc1)CCO2. The first-order valence-corrected chi connectivity index (χ1v) is 10.9. The first-order valence-electron chi connectivity index (χ1n) is 10.1. The van der Waals surface area contributed by atoms with Gasteiger partial charge in [-0.3, -0.25) is 0 Å². The highest BCUT2D eigenvalue weighted by molar-refractivity contribution is 9.10. The van der Waals surface area contributed by atoms with Crippen LogP contribution in [0.15, 0.2) is 71.2 Å². The normalized spacial score (nSPS) is 14.4. The van der Waals surface area contributed by atoms with Crippen LogP contribution in [0.25, 0.3) is 0 Å². The van der Waals surface area contributed by atoms with Crippen molar-refractivity contribution in [3.63, 3.8) is 0 Å². The molecule has 3 nitrogen and oxygen atoms in total. The molecule has 0 saturated carbocycles. The molecular weight excluding hydrogens is 426 g/mol. The Morgan fingerprint density at radius 3 is 2.55 bits per heavy atom. The van der Waals surface area contributed by atoms with Crippen molar-refractivity contribution in [1.82, 2.24) is 0 Å². The molecule has 0 bridgehead atoms. The van der Waals surface area contributed by atoms with Crippen molar-refractivity contribution < 1.29 is 9.84 Å². The molecular formula is C25H26BrNO2. The van der Waals surface area contributed by atoms with E-state index in [4.69, 9.17) is 4.74 Å². The maximum atomic E-state index is 11.2.